The molecule has 3 aliphatic rings. The molecule has 14 heteroatoms. The monoisotopic (exact) mass is 508 g/mol. The van der Waals surface area contributed by atoms with Crippen molar-refractivity contribution in [3.8, 4) is 11.5 Å². The normalized spacial score (nSPS) is 23.7. The summed E-state index contributed by atoms with van der Waals surface area (Å²) in [5.74, 6) is -3.13. The summed E-state index contributed by atoms with van der Waals surface area (Å²) in [6.45, 7) is 5.30. The average molecular weight is 508 g/mol. The average Bonchev–Trinajstić information content (AvgIpc) is 2.61. The Balaban J connectivity index is 2.24. The first-order valence-electron chi connectivity index (χ1n) is 9.24. The van der Waals surface area contributed by atoms with E-state index in [1.54, 1.807) is 13.0 Å². The third kappa shape index (κ3) is 4.06. The van der Waals surface area contributed by atoms with E-state index in [1.165, 1.54) is 0 Å². The van der Waals surface area contributed by atoms with Crippen LogP contribution >= 0.6 is 0 Å². The number of hydrogen-bond donors (Lipinski definition) is 0. The number of fused-ring (bicyclic) bond motifs is 1. The van der Waals surface area contributed by atoms with Gasteiger partial charge in [0, 0.05) is 23.0 Å². The highest BCUT2D eigenvalue weighted by molar-refractivity contribution is 7.88. The van der Waals surface area contributed by atoms with Gasteiger partial charge < -0.3 is 8.37 Å². The number of rotatable bonds is 5. The molecule has 2 bridgehead atoms. The number of hydrogen-bond acceptors (Lipinski definition) is 6. The summed E-state index contributed by atoms with van der Waals surface area (Å²) in [6, 6.07) is 1.34. The lowest BCUT2D eigenvalue weighted by molar-refractivity contribution is -0.0506. The molecule has 0 aromatic heterocycles. The van der Waals surface area contributed by atoms with E-state index < -0.39 is 54.6 Å². The number of halogens is 6. The predicted octanol–water partition coefficient (Wildman–Crippen LogP) is 4.95. The van der Waals surface area contributed by atoms with Crippen LogP contribution in [0.5, 0.6) is 11.5 Å². The molecular formula is C18H18F6O6S2. The third-order valence-electron chi connectivity index (χ3n) is 5.67. The van der Waals surface area contributed by atoms with Crippen molar-refractivity contribution >= 4 is 20.2 Å². The van der Waals surface area contributed by atoms with Crippen LogP contribution < -0.4 is 8.37 Å². The van der Waals surface area contributed by atoms with Crippen molar-refractivity contribution in [2.75, 3.05) is 0 Å². The molecule has 0 spiro atoms. The highest BCUT2D eigenvalue weighted by Gasteiger charge is 2.52. The van der Waals surface area contributed by atoms with Crippen LogP contribution in [-0.4, -0.2) is 27.9 Å². The molecule has 180 valence electrons. The van der Waals surface area contributed by atoms with Gasteiger partial charge in [-0.15, -0.1) is 0 Å². The Morgan fingerprint density at radius 2 is 1.31 bits per heavy atom. The maximum absolute atomic E-state index is 12.9. The molecular weight excluding hydrogens is 490 g/mol. The molecule has 0 saturated carbocycles. The Kier molecular flexibility index (Phi) is 5.81. The first-order valence-corrected chi connectivity index (χ1v) is 12.1. The van der Waals surface area contributed by atoms with Crippen molar-refractivity contribution < 1.29 is 51.5 Å². The van der Waals surface area contributed by atoms with E-state index in [9.17, 15) is 43.2 Å². The Hall–Kier alpha value is -1.96. The molecule has 0 aliphatic heterocycles. The molecule has 3 atom stereocenters. The lowest BCUT2D eigenvalue weighted by atomic mass is 9.60. The summed E-state index contributed by atoms with van der Waals surface area (Å²) in [7, 11) is -12.2. The zero-order chi connectivity index (χ0) is 24.4. The van der Waals surface area contributed by atoms with E-state index in [1.807, 2.05) is 13.8 Å². The summed E-state index contributed by atoms with van der Waals surface area (Å²) in [5.41, 5.74) is -11.1. The molecule has 3 unspecified atom stereocenters. The minimum absolute atomic E-state index is 0.0319. The van der Waals surface area contributed by atoms with Gasteiger partial charge in [-0.05, 0) is 37.3 Å². The Bertz CT molecular complexity index is 1170. The standard InChI is InChI=1S/C18H18F6O6S2/c1-8(2)10-7-11-9(3)6-12(10)16-14(30-32(27,28)18(22,23)24)5-4-13(15(11)16)29-31(25,26)17(19,20)21/h4-6,8,10-12H,7H2,1-3H3. The van der Waals surface area contributed by atoms with E-state index in [2.05, 4.69) is 8.37 Å². The molecule has 0 heterocycles. The summed E-state index contributed by atoms with van der Waals surface area (Å²) >= 11 is 0. The fourth-order valence-corrected chi connectivity index (χ4v) is 5.19. The van der Waals surface area contributed by atoms with Gasteiger partial charge >= 0.3 is 31.3 Å². The van der Waals surface area contributed by atoms with Crippen LogP contribution in [0.15, 0.2) is 23.8 Å². The topological polar surface area (TPSA) is 86.7 Å². The fraction of sp³-hybridized carbons (Fsp3) is 0.556. The van der Waals surface area contributed by atoms with Crippen molar-refractivity contribution in [2.24, 2.45) is 11.8 Å². The maximum atomic E-state index is 12.9. The molecule has 0 saturated heterocycles. The highest BCUT2D eigenvalue weighted by Crippen LogP contribution is 2.59. The van der Waals surface area contributed by atoms with Gasteiger partial charge in [0.1, 0.15) is 11.5 Å². The van der Waals surface area contributed by atoms with Gasteiger partial charge in [-0.25, -0.2) is 0 Å². The summed E-state index contributed by atoms with van der Waals surface area (Å²) in [5, 5.41) is 0. The lowest BCUT2D eigenvalue weighted by Gasteiger charge is -2.45. The van der Waals surface area contributed by atoms with Crippen LogP contribution in [0.25, 0.3) is 0 Å². The van der Waals surface area contributed by atoms with Gasteiger partial charge in [-0.3, -0.25) is 0 Å². The predicted molar refractivity (Wildman–Crippen MR) is 99.8 cm³/mol. The van der Waals surface area contributed by atoms with Crippen molar-refractivity contribution in [1.29, 1.82) is 0 Å². The minimum Gasteiger partial charge on any atom is -0.376 e. The molecule has 1 aromatic carbocycles. The SMILES string of the molecule is CC1=CC2c3c(OS(=O)(=O)C(F)(F)F)ccc(OS(=O)(=O)C(F)(F)F)c3C1CC2C(C)C. The van der Waals surface area contributed by atoms with E-state index in [0.29, 0.717) is 24.1 Å². The van der Waals surface area contributed by atoms with Crippen LogP contribution in [0.1, 0.15) is 50.2 Å². The largest absolute Gasteiger partial charge is 0.534 e. The molecule has 3 aliphatic carbocycles. The molecule has 0 fully saturated rings. The van der Waals surface area contributed by atoms with E-state index in [-0.39, 0.29) is 23.0 Å². The molecule has 1 aromatic rings. The smallest absolute Gasteiger partial charge is 0.376 e. The minimum atomic E-state index is -6.08. The summed E-state index contributed by atoms with van der Waals surface area (Å²) in [6.07, 6.45) is 2.03. The first-order chi connectivity index (χ1) is 14.4. The van der Waals surface area contributed by atoms with Gasteiger partial charge in [0.15, 0.2) is 0 Å². The van der Waals surface area contributed by atoms with Gasteiger partial charge in [-0.2, -0.15) is 43.2 Å². The summed E-state index contributed by atoms with van der Waals surface area (Å²) in [4.78, 5) is 0. The van der Waals surface area contributed by atoms with Gasteiger partial charge in [-0.1, -0.05) is 25.5 Å². The molecule has 4 rings (SSSR count). The van der Waals surface area contributed by atoms with Gasteiger partial charge in [0.05, 0.1) is 0 Å². The third-order valence-corrected chi connectivity index (χ3v) is 7.60. The van der Waals surface area contributed by atoms with E-state index >= 15 is 0 Å². The van der Waals surface area contributed by atoms with Gasteiger partial charge in [0.25, 0.3) is 0 Å². The van der Waals surface area contributed by atoms with Crippen molar-refractivity contribution in [3.05, 3.63) is 34.9 Å². The van der Waals surface area contributed by atoms with Crippen LogP contribution in [0.3, 0.4) is 0 Å². The fourth-order valence-electron chi connectivity index (χ4n) is 4.23. The second kappa shape index (κ2) is 7.54. The zero-order valence-corrected chi connectivity index (χ0v) is 18.4. The van der Waals surface area contributed by atoms with Gasteiger partial charge in [0.2, 0.25) is 0 Å². The second-order valence-corrected chi connectivity index (χ2v) is 11.1. The van der Waals surface area contributed by atoms with E-state index in [4.69, 9.17) is 0 Å². The first kappa shape index (κ1) is 24.7. The second-order valence-electron chi connectivity index (χ2n) is 7.99. The molecule has 0 N–H and O–H groups in total. The molecule has 0 radical (unpaired) electrons. The van der Waals surface area contributed by atoms with Crippen molar-refractivity contribution in [1.82, 2.24) is 0 Å². The maximum Gasteiger partial charge on any atom is 0.534 e. The van der Waals surface area contributed by atoms with Crippen LogP contribution in [-0.2, 0) is 20.2 Å². The number of benzene rings is 1. The zero-order valence-electron chi connectivity index (χ0n) is 16.8. The highest BCUT2D eigenvalue weighted by atomic mass is 32.2. The number of alkyl halides is 6. The van der Waals surface area contributed by atoms with E-state index in [0.717, 1.165) is 0 Å². The Morgan fingerprint density at radius 3 is 1.72 bits per heavy atom. The van der Waals surface area contributed by atoms with Crippen molar-refractivity contribution in [2.45, 2.75) is 50.0 Å². The van der Waals surface area contributed by atoms with Crippen LogP contribution in [0.2, 0.25) is 0 Å². The molecule has 6 nitrogen and oxygen atoms in total. The Labute approximate surface area is 180 Å². The lowest BCUT2D eigenvalue weighted by Crippen LogP contribution is -2.35. The summed E-state index contributed by atoms with van der Waals surface area (Å²) < 4.78 is 132. The van der Waals surface area contributed by atoms with Crippen LogP contribution in [0.4, 0.5) is 26.3 Å². The van der Waals surface area contributed by atoms with Crippen LogP contribution in [0, 0.1) is 11.8 Å². The Morgan fingerprint density at radius 1 is 0.875 bits per heavy atom. The molecule has 0 amide bonds. The quantitative estimate of drug-likeness (QED) is 0.242. The molecule has 32 heavy (non-hydrogen) atoms. The van der Waals surface area contributed by atoms with Crippen molar-refractivity contribution in [3.63, 3.8) is 0 Å². The number of allylic oxidation sites excluding steroid dienone is 2.